The van der Waals surface area contributed by atoms with Crippen LogP contribution in [0.4, 0.5) is 5.69 Å². The Morgan fingerprint density at radius 3 is 2.32 bits per heavy atom. The monoisotopic (exact) mass is 301 g/mol. The van der Waals surface area contributed by atoms with Crippen molar-refractivity contribution in [1.29, 1.82) is 0 Å². The molecule has 1 heterocycles. The Bertz CT molecular complexity index is 544. The SMILES string of the molecule is Cc1ccc(NC(=O)CN2CCN(C(=O)C3CC3)CC2)cc1. The summed E-state index contributed by atoms with van der Waals surface area (Å²) in [4.78, 5) is 28.1. The molecule has 1 saturated carbocycles. The number of piperazine rings is 1. The molecule has 0 aromatic heterocycles. The predicted molar refractivity (Wildman–Crippen MR) is 85.6 cm³/mol. The van der Waals surface area contributed by atoms with Gasteiger partial charge >= 0.3 is 0 Å². The Morgan fingerprint density at radius 2 is 1.73 bits per heavy atom. The molecule has 0 atom stereocenters. The van der Waals surface area contributed by atoms with Crippen molar-refractivity contribution in [3.05, 3.63) is 29.8 Å². The van der Waals surface area contributed by atoms with Crippen molar-refractivity contribution in [2.45, 2.75) is 19.8 Å². The normalized spacial score (nSPS) is 19.0. The molecule has 5 nitrogen and oxygen atoms in total. The maximum absolute atomic E-state index is 12.1. The number of carbonyl (C=O) groups is 2. The molecule has 2 aliphatic rings. The third-order valence-electron chi connectivity index (χ3n) is 4.31. The van der Waals surface area contributed by atoms with E-state index in [1.165, 1.54) is 5.56 Å². The van der Waals surface area contributed by atoms with Gasteiger partial charge in [-0.15, -0.1) is 0 Å². The van der Waals surface area contributed by atoms with Crippen LogP contribution in [0.2, 0.25) is 0 Å². The molecule has 3 rings (SSSR count). The fourth-order valence-electron chi connectivity index (χ4n) is 2.76. The summed E-state index contributed by atoms with van der Waals surface area (Å²) in [5, 5.41) is 2.92. The van der Waals surface area contributed by atoms with E-state index in [4.69, 9.17) is 0 Å². The van der Waals surface area contributed by atoms with Gasteiger partial charge in [-0.25, -0.2) is 0 Å². The number of hydrogen-bond acceptors (Lipinski definition) is 3. The molecule has 1 saturated heterocycles. The Kier molecular flexibility index (Phi) is 4.43. The lowest BCUT2D eigenvalue weighted by Gasteiger charge is -2.34. The largest absolute Gasteiger partial charge is 0.340 e. The van der Waals surface area contributed by atoms with Crippen molar-refractivity contribution in [2.24, 2.45) is 5.92 Å². The van der Waals surface area contributed by atoms with Crippen LogP contribution >= 0.6 is 0 Å². The molecular formula is C17H23N3O2. The lowest BCUT2D eigenvalue weighted by atomic mass is 10.2. The fourth-order valence-corrected chi connectivity index (χ4v) is 2.76. The molecule has 1 aliphatic heterocycles. The maximum atomic E-state index is 12.1. The van der Waals surface area contributed by atoms with Crippen LogP contribution in [-0.4, -0.2) is 54.3 Å². The van der Waals surface area contributed by atoms with E-state index in [1.54, 1.807) is 0 Å². The number of anilines is 1. The quantitative estimate of drug-likeness (QED) is 0.916. The van der Waals surface area contributed by atoms with Crippen LogP contribution in [0, 0.1) is 12.8 Å². The van der Waals surface area contributed by atoms with Gasteiger partial charge in [0.25, 0.3) is 0 Å². The maximum Gasteiger partial charge on any atom is 0.238 e. The average Bonchev–Trinajstić information content (AvgIpc) is 3.34. The summed E-state index contributed by atoms with van der Waals surface area (Å²) >= 11 is 0. The number of hydrogen-bond donors (Lipinski definition) is 1. The van der Waals surface area contributed by atoms with Crippen molar-refractivity contribution in [3.8, 4) is 0 Å². The van der Waals surface area contributed by atoms with Crippen LogP contribution in [0.3, 0.4) is 0 Å². The van der Waals surface area contributed by atoms with Crippen molar-refractivity contribution in [1.82, 2.24) is 9.80 Å². The van der Waals surface area contributed by atoms with Crippen molar-refractivity contribution < 1.29 is 9.59 Å². The highest BCUT2D eigenvalue weighted by Crippen LogP contribution is 2.31. The van der Waals surface area contributed by atoms with Gasteiger partial charge in [0.1, 0.15) is 0 Å². The first kappa shape index (κ1) is 15.0. The van der Waals surface area contributed by atoms with Gasteiger partial charge in [0.15, 0.2) is 0 Å². The summed E-state index contributed by atoms with van der Waals surface area (Å²) in [6.07, 6.45) is 2.11. The van der Waals surface area contributed by atoms with Crippen molar-refractivity contribution >= 4 is 17.5 Å². The van der Waals surface area contributed by atoms with Gasteiger partial charge in [-0.2, -0.15) is 0 Å². The summed E-state index contributed by atoms with van der Waals surface area (Å²) in [6, 6.07) is 7.80. The van der Waals surface area contributed by atoms with Crippen LogP contribution < -0.4 is 5.32 Å². The van der Waals surface area contributed by atoms with Crippen molar-refractivity contribution in [3.63, 3.8) is 0 Å². The van der Waals surface area contributed by atoms with E-state index in [0.29, 0.717) is 12.5 Å². The number of carbonyl (C=O) groups excluding carboxylic acids is 2. The molecular weight excluding hydrogens is 278 g/mol. The van der Waals surface area contributed by atoms with Crippen LogP contribution in [0.15, 0.2) is 24.3 Å². The molecule has 118 valence electrons. The lowest BCUT2D eigenvalue weighted by molar-refractivity contribution is -0.134. The highest BCUT2D eigenvalue weighted by Gasteiger charge is 2.34. The van der Waals surface area contributed by atoms with E-state index in [2.05, 4.69) is 10.2 Å². The third kappa shape index (κ3) is 3.85. The molecule has 1 N–H and O–H groups in total. The summed E-state index contributed by atoms with van der Waals surface area (Å²) in [5.74, 6) is 0.603. The second-order valence-corrected chi connectivity index (χ2v) is 6.29. The van der Waals surface area contributed by atoms with Crippen LogP contribution in [0.5, 0.6) is 0 Å². The molecule has 1 aliphatic carbocycles. The molecule has 5 heteroatoms. The van der Waals surface area contributed by atoms with E-state index in [1.807, 2.05) is 36.1 Å². The Labute approximate surface area is 131 Å². The third-order valence-corrected chi connectivity index (χ3v) is 4.31. The molecule has 0 spiro atoms. The Hall–Kier alpha value is -1.88. The van der Waals surface area contributed by atoms with E-state index in [-0.39, 0.29) is 11.8 Å². The second-order valence-electron chi connectivity index (χ2n) is 6.29. The van der Waals surface area contributed by atoms with E-state index >= 15 is 0 Å². The summed E-state index contributed by atoms with van der Waals surface area (Å²) < 4.78 is 0. The first-order valence-corrected chi connectivity index (χ1v) is 7.99. The van der Waals surface area contributed by atoms with Crippen LogP contribution in [-0.2, 0) is 9.59 Å². The summed E-state index contributed by atoms with van der Waals surface area (Å²) in [7, 11) is 0. The zero-order valence-corrected chi connectivity index (χ0v) is 13.0. The minimum atomic E-state index is 0.00539. The lowest BCUT2D eigenvalue weighted by Crippen LogP contribution is -2.50. The number of benzene rings is 1. The standard InChI is InChI=1S/C17H23N3O2/c1-13-2-6-15(7-3-13)18-16(21)12-19-8-10-20(11-9-19)17(22)14-4-5-14/h2-3,6-7,14H,4-5,8-12H2,1H3,(H,18,21). The second kappa shape index (κ2) is 6.48. The average molecular weight is 301 g/mol. The predicted octanol–water partition coefficient (Wildman–Crippen LogP) is 1.49. The number of nitrogens with one attached hydrogen (secondary N) is 1. The number of nitrogens with zero attached hydrogens (tertiary/aromatic N) is 2. The highest BCUT2D eigenvalue weighted by atomic mass is 16.2. The van der Waals surface area contributed by atoms with Gasteiger partial charge in [0, 0.05) is 37.8 Å². The fraction of sp³-hybridized carbons (Fsp3) is 0.529. The van der Waals surface area contributed by atoms with Crippen LogP contribution in [0.1, 0.15) is 18.4 Å². The zero-order chi connectivity index (χ0) is 15.5. The van der Waals surface area contributed by atoms with Gasteiger partial charge in [0.2, 0.25) is 11.8 Å². The smallest absolute Gasteiger partial charge is 0.238 e. The molecule has 22 heavy (non-hydrogen) atoms. The van der Waals surface area contributed by atoms with Gasteiger partial charge in [0.05, 0.1) is 6.54 Å². The Morgan fingerprint density at radius 1 is 1.09 bits per heavy atom. The van der Waals surface area contributed by atoms with Crippen molar-refractivity contribution in [2.75, 3.05) is 38.0 Å². The van der Waals surface area contributed by atoms with Gasteiger partial charge in [-0.3, -0.25) is 14.5 Å². The molecule has 0 bridgehead atoms. The van der Waals surface area contributed by atoms with Gasteiger partial charge in [-0.1, -0.05) is 17.7 Å². The number of rotatable bonds is 4. The van der Waals surface area contributed by atoms with E-state index in [9.17, 15) is 9.59 Å². The molecule has 2 amide bonds. The summed E-state index contributed by atoms with van der Waals surface area (Å²) in [6.45, 7) is 5.45. The minimum Gasteiger partial charge on any atom is -0.340 e. The molecule has 0 radical (unpaired) electrons. The summed E-state index contributed by atoms with van der Waals surface area (Å²) in [5.41, 5.74) is 2.01. The van der Waals surface area contributed by atoms with Crippen LogP contribution in [0.25, 0.3) is 0 Å². The van der Waals surface area contributed by atoms with E-state index in [0.717, 1.165) is 44.7 Å². The Balaban J connectivity index is 1.43. The van der Waals surface area contributed by atoms with Gasteiger partial charge in [-0.05, 0) is 31.9 Å². The minimum absolute atomic E-state index is 0.00539. The molecule has 0 unspecified atom stereocenters. The zero-order valence-electron chi connectivity index (χ0n) is 13.0. The molecule has 1 aromatic rings. The molecule has 1 aromatic carbocycles. The highest BCUT2D eigenvalue weighted by molar-refractivity contribution is 5.92. The van der Waals surface area contributed by atoms with Gasteiger partial charge < -0.3 is 10.2 Å². The first-order chi connectivity index (χ1) is 10.6. The molecule has 2 fully saturated rings. The van der Waals surface area contributed by atoms with E-state index < -0.39 is 0 Å². The number of amides is 2. The first-order valence-electron chi connectivity index (χ1n) is 7.99. The topological polar surface area (TPSA) is 52.7 Å². The number of aryl methyl sites for hydroxylation is 1.